The molecule has 0 aliphatic carbocycles. The van der Waals surface area contributed by atoms with Crippen LogP contribution in [-0.4, -0.2) is 54.3 Å². The molecule has 1 fully saturated rings. The molecule has 1 amide bonds. The maximum atomic E-state index is 11.9. The Bertz CT molecular complexity index is 520. The molecule has 1 saturated heterocycles. The molecule has 6 nitrogen and oxygen atoms in total. The molecule has 1 N–H and O–H groups in total. The van der Waals surface area contributed by atoms with E-state index in [-0.39, 0.29) is 16.8 Å². The topological polar surface area (TPSA) is 63.6 Å². The number of hydrogen-bond donors (Lipinski definition) is 1. The molecule has 1 atom stereocenters. The zero-order valence-corrected chi connectivity index (χ0v) is 13.4. The van der Waals surface area contributed by atoms with E-state index in [4.69, 9.17) is 4.74 Å². The van der Waals surface area contributed by atoms with E-state index in [0.717, 1.165) is 38.5 Å². The van der Waals surface area contributed by atoms with Crippen molar-refractivity contribution in [3.05, 3.63) is 20.7 Å². The number of carbonyl (C=O) groups excluding carboxylic acids is 1. The molecule has 1 aromatic heterocycles. The van der Waals surface area contributed by atoms with Crippen LogP contribution in [0.3, 0.4) is 0 Å². The SMILES string of the molecule is Cc1csc(=O)n1CCC(=O)NC(C)CN1CCOCC1. The van der Waals surface area contributed by atoms with E-state index in [1.54, 1.807) is 4.57 Å². The van der Waals surface area contributed by atoms with Gasteiger partial charge in [0, 0.05) is 49.7 Å². The molecule has 0 saturated carbocycles. The minimum absolute atomic E-state index is 0.00154. The normalized spacial score (nSPS) is 17.6. The maximum Gasteiger partial charge on any atom is 0.307 e. The van der Waals surface area contributed by atoms with Crippen LogP contribution in [0, 0.1) is 6.92 Å². The van der Waals surface area contributed by atoms with Gasteiger partial charge in [0.1, 0.15) is 0 Å². The van der Waals surface area contributed by atoms with Gasteiger partial charge in [0.05, 0.1) is 13.2 Å². The largest absolute Gasteiger partial charge is 0.379 e. The Labute approximate surface area is 128 Å². The lowest BCUT2D eigenvalue weighted by atomic mass is 10.2. The van der Waals surface area contributed by atoms with Crippen molar-refractivity contribution in [1.82, 2.24) is 14.8 Å². The van der Waals surface area contributed by atoms with E-state index >= 15 is 0 Å². The first-order valence-corrected chi connectivity index (χ1v) is 8.18. The molecular weight excluding hydrogens is 290 g/mol. The zero-order valence-electron chi connectivity index (χ0n) is 12.6. The van der Waals surface area contributed by atoms with E-state index in [9.17, 15) is 9.59 Å². The fourth-order valence-corrected chi connectivity index (χ4v) is 3.21. The molecule has 7 heteroatoms. The van der Waals surface area contributed by atoms with Crippen molar-refractivity contribution < 1.29 is 9.53 Å². The molecular formula is C14H23N3O3S. The standard InChI is InChI=1S/C14H23N3O3S/c1-11(9-16-5-7-20-8-6-16)15-13(18)3-4-17-12(2)10-21-14(17)19/h10-11H,3-9H2,1-2H3,(H,15,18). The van der Waals surface area contributed by atoms with Gasteiger partial charge in [-0.3, -0.25) is 14.5 Å². The summed E-state index contributed by atoms with van der Waals surface area (Å²) in [5.74, 6) is -0.00624. The number of carbonyl (C=O) groups is 1. The van der Waals surface area contributed by atoms with Crippen LogP contribution in [0.4, 0.5) is 0 Å². The van der Waals surface area contributed by atoms with Crippen LogP contribution in [0.25, 0.3) is 0 Å². The summed E-state index contributed by atoms with van der Waals surface area (Å²) in [6, 6.07) is 0.107. The van der Waals surface area contributed by atoms with Crippen LogP contribution in [0.5, 0.6) is 0 Å². The lowest BCUT2D eigenvalue weighted by Crippen LogP contribution is -2.46. The van der Waals surface area contributed by atoms with Gasteiger partial charge in [0.2, 0.25) is 5.91 Å². The summed E-state index contributed by atoms with van der Waals surface area (Å²) >= 11 is 1.18. The Morgan fingerprint density at radius 1 is 1.48 bits per heavy atom. The quantitative estimate of drug-likeness (QED) is 0.828. The average molecular weight is 313 g/mol. The van der Waals surface area contributed by atoms with E-state index in [1.165, 1.54) is 11.3 Å². The van der Waals surface area contributed by atoms with Gasteiger partial charge in [-0.2, -0.15) is 0 Å². The molecule has 2 heterocycles. The smallest absolute Gasteiger partial charge is 0.307 e. The van der Waals surface area contributed by atoms with Crippen LogP contribution < -0.4 is 10.2 Å². The summed E-state index contributed by atoms with van der Waals surface area (Å²) in [6.07, 6.45) is 0.338. The number of rotatable bonds is 6. The second-order valence-electron chi connectivity index (χ2n) is 5.43. The molecule has 0 radical (unpaired) electrons. The van der Waals surface area contributed by atoms with Gasteiger partial charge in [0.25, 0.3) is 0 Å². The highest BCUT2D eigenvalue weighted by atomic mass is 32.1. The molecule has 21 heavy (non-hydrogen) atoms. The third-order valence-corrected chi connectivity index (χ3v) is 4.46. The van der Waals surface area contributed by atoms with Crippen LogP contribution >= 0.6 is 11.3 Å². The van der Waals surface area contributed by atoms with Crippen LogP contribution in [0.1, 0.15) is 19.0 Å². The van der Waals surface area contributed by atoms with Crippen LogP contribution in [0.15, 0.2) is 10.2 Å². The number of nitrogens with zero attached hydrogens (tertiary/aromatic N) is 2. The van der Waals surface area contributed by atoms with Crippen molar-refractivity contribution >= 4 is 17.2 Å². The Morgan fingerprint density at radius 2 is 2.19 bits per heavy atom. The molecule has 0 spiro atoms. The summed E-state index contributed by atoms with van der Waals surface area (Å²) in [4.78, 5) is 25.8. The summed E-state index contributed by atoms with van der Waals surface area (Å²) in [5.41, 5.74) is 0.916. The number of aromatic nitrogens is 1. The van der Waals surface area contributed by atoms with Gasteiger partial charge in [0.15, 0.2) is 0 Å². The molecule has 0 aromatic carbocycles. The fourth-order valence-electron chi connectivity index (χ4n) is 2.45. The van der Waals surface area contributed by atoms with Gasteiger partial charge >= 0.3 is 4.87 Å². The zero-order chi connectivity index (χ0) is 15.2. The molecule has 118 valence electrons. The van der Waals surface area contributed by atoms with E-state index in [0.29, 0.717) is 13.0 Å². The van der Waals surface area contributed by atoms with Crippen molar-refractivity contribution in [2.45, 2.75) is 32.9 Å². The predicted octanol–water partition coefficient (Wildman–Crippen LogP) is 0.445. The van der Waals surface area contributed by atoms with Crippen molar-refractivity contribution in [2.75, 3.05) is 32.8 Å². The number of amides is 1. The average Bonchev–Trinajstić information content (AvgIpc) is 2.77. The molecule has 1 unspecified atom stereocenters. The Morgan fingerprint density at radius 3 is 2.81 bits per heavy atom. The first-order chi connectivity index (χ1) is 10.1. The number of nitrogens with one attached hydrogen (secondary N) is 1. The minimum Gasteiger partial charge on any atom is -0.379 e. The van der Waals surface area contributed by atoms with Crippen molar-refractivity contribution in [3.8, 4) is 0 Å². The molecule has 1 aliphatic heterocycles. The number of thiazole rings is 1. The van der Waals surface area contributed by atoms with Gasteiger partial charge in [-0.15, -0.1) is 0 Å². The second kappa shape index (κ2) is 7.72. The molecule has 1 aliphatic rings. The fraction of sp³-hybridized carbons (Fsp3) is 0.714. The minimum atomic E-state index is -0.00624. The van der Waals surface area contributed by atoms with Crippen LogP contribution in [-0.2, 0) is 16.1 Å². The van der Waals surface area contributed by atoms with Crippen molar-refractivity contribution in [2.24, 2.45) is 0 Å². The van der Waals surface area contributed by atoms with E-state index < -0.39 is 0 Å². The van der Waals surface area contributed by atoms with Crippen molar-refractivity contribution in [1.29, 1.82) is 0 Å². The van der Waals surface area contributed by atoms with Crippen molar-refractivity contribution in [3.63, 3.8) is 0 Å². The Hall–Kier alpha value is -1.18. The molecule has 2 rings (SSSR count). The lowest BCUT2D eigenvalue weighted by molar-refractivity contribution is -0.122. The predicted molar refractivity (Wildman–Crippen MR) is 82.8 cm³/mol. The first-order valence-electron chi connectivity index (χ1n) is 7.30. The highest BCUT2D eigenvalue weighted by Crippen LogP contribution is 2.02. The second-order valence-corrected chi connectivity index (χ2v) is 6.25. The Kier molecular flexibility index (Phi) is 5.96. The summed E-state index contributed by atoms with van der Waals surface area (Å²) in [7, 11) is 0. The van der Waals surface area contributed by atoms with Crippen LogP contribution in [0.2, 0.25) is 0 Å². The van der Waals surface area contributed by atoms with Gasteiger partial charge in [-0.05, 0) is 13.8 Å². The number of aryl methyl sites for hydroxylation is 1. The first kappa shape index (κ1) is 16.2. The third kappa shape index (κ3) is 4.94. The highest BCUT2D eigenvalue weighted by molar-refractivity contribution is 7.07. The number of hydrogen-bond acceptors (Lipinski definition) is 5. The molecule has 0 bridgehead atoms. The molecule has 1 aromatic rings. The lowest BCUT2D eigenvalue weighted by Gasteiger charge is -2.29. The maximum absolute atomic E-state index is 11.9. The number of ether oxygens (including phenoxy) is 1. The summed E-state index contributed by atoms with van der Waals surface area (Å²) < 4.78 is 6.95. The van der Waals surface area contributed by atoms with Gasteiger partial charge < -0.3 is 14.6 Å². The monoisotopic (exact) mass is 313 g/mol. The van der Waals surface area contributed by atoms with E-state index in [2.05, 4.69) is 10.2 Å². The number of morpholine rings is 1. The van der Waals surface area contributed by atoms with E-state index in [1.807, 2.05) is 19.2 Å². The summed E-state index contributed by atoms with van der Waals surface area (Å²) in [5, 5.41) is 4.82. The van der Waals surface area contributed by atoms with Gasteiger partial charge in [-0.1, -0.05) is 11.3 Å². The third-order valence-electron chi connectivity index (χ3n) is 3.58. The Balaban J connectivity index is 1.72. The highest BCUT2D eigenvalue weighted by Gasteiger charge is 2.15. The van der Waals surface area contributed by atoms with Gasteiger partial charge in [-0.25, -0.2) is 0 Å². The summed E-state index contributed by atoms with van der Waals surface area (Å²) in [6.45, 7) is 8.55.